The van der Waals surface area contributed by atoms with E-state index in [9.17, 15) is 0 Å². The van der Waals surface area contributed by atoms with Crippen molar-refractivity contribution in [3.05, 3.63) is 21.2 Å². The van der Waals surface area contributed by atoms with E-state index >= 15 is 0 Å². The molecule has 0 N–H and O–H groups in total. The van der Waals surface area contributed by atoms with Crippen molar-refractivity contribution in [3.8, 4) is 11.5 Å². The molecule has 0 fully saturated rings. The summed E-state index contributed by atoms with van der Waals surface area (Å²) in [7, 11) is 0. The Morgan fingerprint density at radius 1 is 1.07 bits per heavy atom. The van der Waals surface area contributed by atoms with Crippen molar-refractivity contribution in [2.75, 3.05) is 13.2 Å². The molecule has 0 aliphatic carbocycles. The van der Waals surface area contributed by atoms with E-state index < -0.39 is 0 Å². The van der Waals surface area contributed by atoms with Crippen LogP contribution >= 0.6 is 28.6 Å². The van der Waals surface area contributed by atoms with Crippen LogP contribution < -0.4 is 9.47 Å². The molecule has 80 valence electrons. The van der Waals surface area contributed by atoms with Gasteiger partial charge in [0.2, 0.25) is 0 Å². The first kappa shape index (κ1) is 9.85. The van der Waals surface area contributed by atoms with Gasteiger partial charge in [-0.05, 0) is 15.9 Å². The number of ether oxygens (including phenoxy) is 2. The number of fused-ring (bicyclic) bond motifs is 2. The molecule has 15 heavy (non-hydrogen) atoms. The molecule has 1 aromatic rings. The fraction of sp³-hybridized carbons (Fsp3) is 0.455. The summed E-state index contributed by atoms with van der Waals surface area (Å²) in [6.45, 7) is 1.55. The standard InChI is InChI=1S/C11H11BrO2S/c12-9-7-2-4-13-10(7)8(5-15)6-1-3-14-11(6)9/h15H,1-5H2. The summed E-state index contributed by atoms with van der Waals surface area (Å²) in [4.78, 5) is 0. The Bertz CT molecular complexity index is 396. The van der Waals surface area contributed by atoms with Crippen LogP contribution in [0.1, 0.15) is 16.7 Å². The van der Waals surface area contributed by atoms with Gasteiger partial charge < -0.3 is 9.47 Å². The molecule has 2 nitrogen and oxygen atoms in total. The van der Waals surface area contributed by atoms with E-state index in [-0.39, 0.29) is 0 Å². The molecule has 0 atom stereocenters. The normalized spacial score (nSPS) is 16.9. The van der Waals surface area contributed by atoms with E-state index in [1.165, 1.54) is 16.7 Å². The number of hydrogen-bond acceptors (Lipinski definition) is 3. The zero-order chi connectivity index (χ0) is 10.4. The monoisotopic (exact) mass is 286 g/mol. The highest BCUT2D eigenvalue weighted by Gasteiger charge is 2.29. The summed E-state index contributed by atoms with van der Waals surface area (Å²) >= 11 is 8.01. The molecule has 0 unspecified atom stereocenters. The zero-order valence-corrected chi connectivity index (χ0v) is 10.7. The molecular weight excluding hydrogens is 276 g/mol. The van der Waals surface area contributed by atoms with E-state index in [1.54, 1.807) is 0 Å². The Labute approximate surface area is 102 Å². The fourth-order valence-corrected chi connectivity index (χ4v) is 3.38. The first-order chi connectivity index (χ1) is 7.33. The highest BCUT2D eigenvalue weighted by molar-refractivity contribution is 9.10. The molecule has 0 aromatic heterocycles. The SMILES string of the molecule is SCc1c2c(c(Br)c3c1OCC3)OCC2. The molecule has 2 heterocycles. The largest absolute Gasteiger partial charge is 0.493 e. The number of halogens is 1. The number of hydrogen-bond donors (Lipinski definition) is 1. The van der Waals surface area contributed by atoms with Crippen LogP contribution in [0.15, 0.2) is 4.47 Å². The quantitative estimate of drug-likeness (QED) is 0.801. The molecule has 0 amide bonds. The summed E-state index contributed by atoms with van der Waals surface area (Å²) < 4.78 is 12.4. The molecule has 0 spiro atoms. The third-order valence-corrected chi connectivity index (χ3v) is 4.16. The maximum absolute atomic E-state index is 5.69. The zero-order valence-electron chi connectivity index (χ0n) is 8.18. The van der Waals surface area contributed by atoms with Crippen molar-refractivity contribution < 1.29 is 9.47 Å². The van der Waals surface area contributed by atoms with Crippen LogP contribution in [0.3, 0.4) is 0 Å². The van der Waals surface area contributed by atoms with Gasteiger partial charge in [0.05, 0.1) is 17.7 Å². The molecule has 0 radical (unpaired) electrons. The third-order valence-electron chi connectivity index (χ3n) is 3.01. The molecule has 0 saturated carbocycles. The fourth-order valence-electron chi connectivity index (χ4n) is 2.32. The average Bonchev–Trinajstić information content (AvgIpc) is 2.85. The van der Waals surface area contributed by atoms with E-state index in [0.717, 1.165) is 47.8 Å². The van der Waals surface area contributed by atoms with Crippen LogP contribution in [0.25, 0.3) is 0 Å². The minimum Gasteiger partial charge on any atom is -0.493 e. The van der Waals surface area contributed by atoms with Crippen molar-refractivity contribution >= 4 is 28.6 Å². The first-order valence-corrected chi connectivity index (χ1v) is 6.48. The molecule has 2 aliphatic rings. The number of thiol groups is 1. The highest BCUT2D eigenvalue weighted by atomic mass is 79.9. The predicted molar refractivity (Wildman–Crippen MR) is 65.2 cm³/mol. The van der Waals surface area contributed by atoms with Crippen molar-refractivity contribution in [1.29, 1.82) is 0 Å². The lowest BCUT2D eigenvalue weighted by atomic mass is 10.0. The first-order valence-electron chi connectivity index (χ1n) is 5.05. The van der Waals surface area contributed by atoms with Gasteiger partial charge in [0.15, 0.2) is 0 Å². The Kier molecular flexibility index (Phi) is 2.36. The van der Waals surface area contributed by atoms with Crippen molar-refractivity contribution in [2.45, 2.75) is 18.6 Å². The molecule has 1 aromatic carbocycles. The number of benzene rings is 1. The highest BCUT2D eigenvalue weighted by Crippen LogP contribution is 2.47. The lowest BCUT2D eigenvalue weighted by Gasteiger charge is -2.12. The topological polar surface area (TPSA) is 18.5 Å². The average molecular weight is 287 g/mol. The predicted octanol–water partition coefficient (Wildman–Crippen LogP) is 2.75. The van der Waals surface area contributed by atoms with Crippen molar-refractivity contribution in [3.63, 3.8) is 0 Å². The molecule has 3 rings (SSSR count). The van der Waals surface area contributed by atoms with Crippen LogP contribution in [-0.2, 0) is 18.6 Å². The van der Waals surface area contributed by atoms with Gasteiger partial charge in [-0.25, -0.2) is 0 Å². The van der Waals surface area contributed by atoms with E-state index in [0.29, 0.717) is 0 Å². The summed E-state index contributed by atoms with van der Waals surface area (Å²) in [6.07, 6.45) is 1.94. The van der Waals surface area contributed by atoms with Gasteiger partial charge in [-0.15, -0.1) is 0 Å². The Hall–Kier alpha value is -0.350. The van der Waals surface area contributed by atoms with Gasteiger partial charge in [-0.1, -0.05) is 0 Å². The summed E-state index contributed by atoms with van der Waals surface area (Å²) in [5.74, 6) is 2.78. The third kappa shape index (κ3) is 1.31. The van der Waals surface area contributed by atoms with Gasteiger partial charge in [0, 0.05) is 35.3 Å². The maximum atomic E-state index is 5.69. The lowest BCUT2D eigenvalue weighted by Crippen LogP contribution is -1.95. The molecule has 4 heteroatoms. The Balaban J connectivity index is 2.31. The van der Waals surface area contributed by atoms with Crippen molar-refractivity contribution in [2.24, 2.45) is 0 Å². The second kappa shape index (κ2) is 3.59. The van der Waals surface area contributed by atoms with E-state index in [2.05, 4.69) is 28.6 Å². The number of rotatable bonds is 1. The molecule has 0 bridgehead atoms. The van der Waals surface area contributed by atoms with Gasteiger partial charge in [-0.2, -0.15) is 12.6 Å². The Morgan fingerprint density at radius 3 is 2.47 bits per heavy atom. The van der Waals surface area contributed by atoms with Gasteiger partial charge in [0.25, 0.3) is 0 Å². The van der Waals surface area contributed by atoms with Crippen LogP contribution in [0.2, 0.25) is 0 Å². The maximum Gasteiger partial charge on any atom is 0.137 e. The molecule has 0 saturated heterocycles. The van der Waals surface area contributed by atoms with Crippen LogP contribution in [-0.4, -0.2) is 13.2 Å². The summed E-state index contributed by atoms with van der Waals surface area (Å²) in [5.41, 5.74) is 3.75. The lowest BCUT2D eigenvalue weighted by molar-refractivity contribution is 0.353. The minimum atomic E-state index is 0.724. The van der Waals surface area contributed by atoms with Gasteiger partial charge in [0.1, 0.15) is 11.5 Å². The smallest absolute Gasteiger partial charge is 0.137 e. The van der Waals surface area contributed by atoms with Crippen LogP contribution in [0.5, 0.6) is 11.5 Å². The second-order valence-electron chi connectivity index (χ2n) is 3.76. The van der Waals surface area contributed by atoms with Gasteiger partial charge in [-0.3, -0.25) is 0 Å². The summed E-state index contributed by atoms with van der Waals surface area (Å²) in [5, 5.41) is 0. The summed E-state index contributed by atoms with van der Waals surface area (Å²) in [6, 6.07) is 0. The minimum absolute atomic E-state index is 0.724. The van der Waals surface area contributed by atoms with E-state index in [1.807, 2.05) is 0 Å². The molecular formula is C11H11BrO2S. The van der Waals surface area contributed by atoms with Crippen LogP contribution in [0, 0.1) is 0 Å². The van der Waals surface area contributed by atoms with Crippen molar-refractivity contribution in [1.82, 2.24) is 0 Å². The molecule has 2 aliphatic heterocycles. The Morgan fingerprint density at radius 2 is 1.73 bits per heavy atom. The van der Waals surface area contributed by atoms with Crippen LogP contribution in [0.4, 0.5) is 0 Å². The van der Waals surface area contributed by atoms with Gasteiger partial charge >= 0.3 is 0 Å². The van der Waals surface area contributed by atoms with E-state index in [4.69, 9.17) is 9.47 Å². The second-order valence-corrected chi connectivity index (χ2v) is 4.87.